The number of rotatable bonds is 8. The van der Waals surface area contributed by atoms with E-state index in [0.29, 0.717) is 18.2 Å². The lowest BCUT2D eigenvalue weighted by Crippen LogP contribution is -2.45. The molecule has 2 fully saturated rings. The van der Waals surface area contributed by atoms with Gasteiger partial charge in [0, 0.05) is 31.1 Å². The number of piperidine rings is 1. The molecule has 0 saturated carbocycles. The van der Waals surface area contributed by atoms with Gasteiger partial charge in [-0.2, -0.15) is 5.10 Å². The number of carbonyl (C=O) groups is 1. The van der Waals surface area contributed by atoms with Crippen LogP contribution in [0.15, 0.2) is 70.7 Å². The van der Waals surface area contributed by atoms with Crippen molar-refractivity contribution in [3.8, 4) is 0 Å². The highest BCUT2D eigenvalue weighted by Gasteiger charge is 2.32. The molecule has 2 saturated heterocycles. The molecule has 0 bridgehead atoms. The van der Waals surface area contributed by atoms with E-state index < -0.39 is 0 Å². The molecule has 0 radical (unpaired) electrons. The maximum Gasteiger partial charge on any atom is 0.407 e. The molecule has 9 nitrogen and oxygen atoms in total. The third-order valence-corrected chi connectivity index (χ3v) is 9.48. The van der Waals surface area contributed by atoms with E-state index in [-0.39, 0.29) is 24.3 Å². The first-order chi connectivity index (χ1) is 20.5. The van der Waals surface area contributed by atoms with Crippen LogP contribution in [0.3, 0.4) is 0 Å². The molecule has 220 valence electrons. The topological polar surface area (TPSA) is 94.4 Å². The Balaban J connectivity index is 1.13. The molecule has 0 aliphatic carbocycles. The number of nitrogens with zero attached hydrogens (tertiary/aromatic N) is 5. The maximum atomic E-state index is 12.3. The molecule has 2 aromatic heterocycles. The minimum atomic E-state index is -0.387. The lowest BCUT2D eigenvalue weighted by Gasteiger charge is -2.39. The van der Waals surface area contributed by atoms with Gasteiger partial charge < -0.3 is 19.7 Å². The van der Waals surface area contributed by atoms with Crippen LogP contribution in [0.4, 0.5) is 10.6 Å². The monoisotopic (exact) mass is 606 g/mol. The number of anilines is 1. The summed E-state index contributed by atoms with van der Waals surface area (Å²) in [6, 6.07) is 17.4. The van der Waals surface area contributed by atoms with E-state index in [9.17, 15) is 4.79 Å². The highest BCUT2D eigenvalue weighted by Crippen LogP contribution is 2.38. The van der Waals surface area contributed by atoms with Gasteiger partial charge in [-0.15, -0.1) is 0 Å². The van der Waals surface area contributed by atoms with Crippen LogP contribution < -0.4 is 10.2 Å². The van der Waals surface area contributed by atoms with Gasteiger partial charge in [-0.05, 0) is 55.2 Å². The summed E-state index contributed by atoms with van der Waals surface area (Å²) in [4.78, 5) is 25.5. The van der Waals surface area contributed by atoms with Crippen molar-refractivity contribution in [1.29, 1.82) is 0 Å². The molecular weight excluding hydrogens is 572 g/mol. The van der Waals surface area contributed by atoms with Gasteiger partial charge in [0.25, 0.3) is 0 Å². The van der Waals surface area contributed by atoms with Crippen LogP contribution in [0.1, 0.15) is 50.8 Å². The van der Waals surface area contributed by atoms with Crippen molar-refractivity contribution in [2.24, 2.45) is 5.41 Å². The second kappa shape index (κ2) is 12.9. The Hall–Kier alpha value is -3.34. The van der Waals surface area contributed by atoms with Crippen molar-refractivity contribution in [3.63, 3.8) is 0 Å². The highest BCUT2D eigenvalue weighted by atomic mass is 35.5. The number of carbonyl (C=O) groups excluding carboxylic acids is 1. The predicted molar refractivity (Wildman–Crippen MR) is 164 cm³/mol. The molecule has 2 aromatic carbocycles. The number of halogens is 1. The average molecular weight is 607 g/mol. The van der Waals surface area contributed by atoms with Gasteiger partial charge >= 0.3 is 6.09 Å². The second-order valence-electron chi connectivity index (χ2n) is 11.2. The third kappa shape index (κ3) is 6.66. The molecule has 6 rings (SSSR count). The van der Waals surface area contributed by atoms with Gasteiger partial charge in [0.15, 0.2) is 16.9 Å². The predicted octanol–water partition coefficient (Wildman–Crippen LogP) is 6.86. The Kier molecular flexibility index (Phi) is 8.83. The molecule has 2 aliphatic heterocycles. The SMILES string of the molecule is CC1(CNC(=O)OCc2ccccc2)CCN(c2cnc3c(Sc4ccccc4Cl)nn(C4CCCCO4)c3n2)CC1. The molecule has 1 amide bonds. The first-order valence-corrected chi connectivity index (χ1v) is 15.7. The first-order valence-electron chi connectivity index (χ1n) is 14.5. The average Bonchev–Trinajstić information content (AvgIpc) is 3.39. The summed E-state index contributed by atoms with van der Waals surface area (Å²) in [5.41, 5.74) is 2.41. The number of nitrogens with one attached hydrogen (secondary N) is 1. The van der Waals surface area contributed by atoms with Crippen molar-refractivity contribution in [3.05, 3.63) is 71.4 Å². The number of ether oxygens (including phenoxy) is 2. The Morgan fingerprint density at radius 3 is 2.69 bits per heavy atom. The molecule has 0 spiro atoms. The van der Waals surface area contributed by atoms with Crippen molar-refractivity contribution < 1.29 is 14.3 Å². The zero-order valence-corrected chi connectivity index (χ0v) is 25.2. The molecule has 4 aromatic rings. The summed E-state index contributed by atoms with van der Waals surface area (Å²) in [5, 5.41) is 9.35. The van der Waals surface area contributed by atoms with Gasteiger partial charge in [-0.25, -0.2) is 19.4 Å². The molecule has 2 aliphatic rings. The van der Waals surface area contributed by atoms with Gasteiger partial charge in [-0.1, -0.05) is 72.8 Å². The van der Waals surface area contributed by atoms with Crippen LogP contribution in [0.2, 0.25) is 5.02 Å². The number of alkyl carbamates (subject to hydrolysis) is 1. The number of benzene rings is 2. The second-order valence-corrected chi connectivity index (χ2v) is 12.7. The van der Waals surface area contributed by atoms with Crippen molar-refractivity contribution >= 4 is 46.4 Å². The normalized spacial score (nSPS) is 18.6. The Bertz CT molecular complexity index is 1520. The fraction of sp³-hybridized carbons (Fsp3) is 0.419. The Labute approximate surface area is 254 Å². The Morgan fingerprint density at radius 1 is 1.14 bits per heavy atom. The summed E-state index contributed by atoms with van der Waals surface area (Å²) < 4.78 is 13.4. The van der Waals surface area contributed by atoms with Crippen molar-refractivity contribution in [2.75, 3.05) is 31.1 Å². The number of hydrogen-bond acceptors (Lipinski definition) is 8. The van der Waals surface area contributed by atoms with E-state index >= 15 is 0 Å². The first kappa shape index (κ1) is 28.8. The van der Waals surface area contributed by atoms with E-state index in [1.54, 1.807) is 0 Å². The fourth-order valence-electron chi connectivity index (χ4n) is 5.36. The van der Waals surface area contributed by atoms with E-state index in [1.807, 2.05) is 65.5 Å². The molecule has 11 heteroatoms. The molecular formula is C31H35ClN6O3S. The Morgan fingerprint density at radius 2 is 1.93 bits per heavy atom. The summed E-state index contributed by atoms with van der Waals surface area (Å²) in [5.74, 6) is 0.825. The molecule has 1 unspecified atom stereocenters. The summed E-state index contributed by atoms with van der Waals surface area (Å²) in [6.07, 6.45) is 6.14. The van der Waals surface area contributed by atoms with Gasteiger partial charge in [-0.3, -0.25) is 0 Å². The zero-order chi connectivity index (χ0) is 28.9. The van der Waals surface area contributed by atoms with E-state index in [2.05, 4.69) is 17.1 Å². The standard InChI is InChI=1S/C31H35ClN6O3S/c1-31(21-34-30(39)41-20-22-9-3-2-4-10-22)14-16-37(17-15-31)25-19-33-27-28(35-25)38(26-13-7-8-18-40-26)36-29(27)42-24-12-6-5-11-23(24)32/h2-6,9-12,19,26H,7-8,13-18,20-21H2,1H3,(H,34,39). The lowest BCUT2D eigenvalue weighted by molar-refractivity contribution is -0.0376. The van der Waals surface area contributed by atoms with Crippen LogP contribution in [0.5, 0.6) is 0 Å². The summed E-state index contributed by atoms with van der Waals surface area (Å²) in [7, 11) is 0. The maximum absolute atomic E-state index is 12.3. The van der Waals surface area contributed by atoms with Crippen molar-refractivity contribution in [2.45, 2.75) is 61.8 Å². The van der Waals surface area contributed by atoms with Crippen LogP contribution in [0.25, 0.3) is 11.2 Å². The van der Waals surface area contributed by atoms with Crippen LogP contribution in [-0.4, -0.2) is 52.1 Å². The minimum absolute atomic E-state index is 0.0315. The highest BCUT2D eigenvalue weighted by molar-refractivity contribution is 7.99. The van der Waals surface area contributed by atoms with Crippen LogP contribution in [-0.2, 0) is 16.1 Å². The summed E-state index contributed by atoms with van der Waals surface area (Å²) >= 11 is 7.96. The van der Waals surface area contributed by atoms with Gasteiger partial charge in [0.2, 0.25) is 0 Å². The number of fused-ring (bicyclic) bond motifs is 1. The molecule has 1 N–H and O–H groups in total. The minimum Gasteiger partial charge on any atom is -0.445 e. The number of hydrogen-bond donors (Lipinski definition) is 1. The van der Waals surface area contributed by atoms with E-state index in [4.69, 9.17) is 36.1 Å². The lowest BCUT2D eigenvalue weighted by atomic mass is 9.80. The summed E-state index contributed by atoms with van der Waals surface area (Å²) in [6.45, 7) is 5.38. The van der Waals surface area contributed by atoms with Gasteiger partial charge in [0.05, 0.1) is 11.2 Å². The van der Waals surface area contributed by atoms with E-state index in [0.717, 1.165) is 77.7 Å². The smallest absolute Gasteiger partial charge is 0.407 e. The molecule has 4 heterocycles. The van der Waals surface area contributed by atoms with Crippen molar-refractivity contribution in [1.82, 2.24) is 25.1 Å². The van der Waals surface area contributed by atoms with Gasteiger partial charge in [0.1, 0.15) is 17.9 Å². The number of amides is 1. The largest absolute Gasteiger partial charge is 0.445 e. The third-order valence-electron chi connectivity index (χ3n) is 8.00. The quantitative estimate of drug-likeness (QED) is 0.232. The number of aromatic nitrogens is 4. The van der Waals surface area contributed by atoms with Crippen LogP contribution >= 0.6 is 23.4 Å². The molecule has 1 atom stereocenters. The van der Waals surface area contributed by atoms with Crippen LogP contribution in [0, 0.1) is 5.41 Å². The fourth-order valence-corrected chi connectivity index (χ4v) is 6.50. The molecule has 42 heavy (non-hydrogen) atoms. The van der Waals surface area contributed by atoms with E-state index in [1.165, 1.54) is 11.8 Å². The zero-order valence-electron chi connectivity index (χ0n) is 23.7.